The van der Waals surface area contributed by atoms with Crippen molar-refractivity contribution in [3.05, 3.63) is 0 Å². The topological polar surface area (TPSA) is 317 Å². The molecule has 22 heteroatoms. The zero-order valence-corrected chi connectivity index (χ0v) is 29.6. The number of aliphatic hydroxyl groups excluding tert-OH is 6. The number of hydrogen-bond donors (Lipinski definition) is 9. The van der Waals surface area contributed by atoms with E-state index in [9.17, 15) is 50.1 Å². The molecular weight excluding hydrogens is 677 g/mol. The molecule has 3 aliphatic heterocycles. The monoisotopic (exact) mass is 721 g/mol. The van der Waals surface area contributed by atoms with E-state index in [1.54, 1.807) is 0 Å². The third-order valence-electron chi connectivity index (χ3n) is 7.77. The molecule has 0 aromatic rings. The first kappa shape index (κ1) is 43.5. The van der Waals surface area contributed by atoms with Gasteiger partial charge in [-0.1, -0.05) is 0 Å². The maximum Gasteiger partial charge on any atom is 1.00 e. The molecule has 0 unspecified atom stereocenters. The van der Waals surface area contributed by atoms with Gasteiger partial charge >= 0.3 is 35.5 Å². The fourth-order valence-electron chi connectivity index (χ4n) is 5.65. The minimum atomic E-state index is -1.82. The molecule has 0 spiro atoms. The van der Waals surface area contributed by atoms with Gasteiger partial charge in [-0.2, -0.15) is 0 Å². The van der Waals surface area contributed by atoms with Gasteiger partial charge in [0.05, 0.1) is 19.8 Å². The molecule has 0 aliphatic carbocycles. The Balaban J connectivity index is 0.00000833. The van der Waals surface area contributed by atoms with Crippen molar-refractivity contribution in [2.24, 2.45) is 4.99 Å². The van der Waals surface area contributed by atoms with Gasteiger partial charge in [-0.15, -0.1) is 0 Å². The summed E-state index contributed by atoms with van der Waals surface area (Å²) >= 11 is 0. The molecule has 3 fully saturated rings. The van der Waals surface area contributed by atoms with E-state index < -0.39 is 142 Å². The molecule has 15 atom stereocenters. The normalized spacial score (nSPS) is 39.8. The average Bonchev–Trinajstić information content (AvgIpc) is 3.01. The Hall–Kier alpha value is -1.64. The quantitative estimate of drug-likeness (QED) is 0.0457. The van der Waals surface area contributed by atoms with Gasteiger partial charge in [-0.05, 0) is 12.8 Å². The van der Waals surface area contributed by atoms with E-state index >= 15 is 0 Å². The van der Waals surface area contributed by atoms with E-state index in [2.05, 4.69) is 15.6 Å². The predicted molar refractivity (Wildman–Crippen MR) is 151 cm³/mol. The van der Waals surface area contributed by atoms with Gasteiger partial charge < -0.3 is 84.6 Å². The van der Waals surface area contributed by atoms with Gasteiger partial charge in [-0.3, -0.25) is 14.6 Å². The molecule has 2 amide bonds. The molecule has 0 radical (unpaired) electrons. The smallest absolute Gasteiger partial charge is 0.862 e. The van der Waals surface area contributed by atoms with Crippen LogP contribution in [-0.2, 0) is 47.5 Å². The van der Waals surface area contributed by atoms with E-state index in [1.807, 2.05) is 0 Å². The molecule has 0 bridgehead atoms. The Morgan fingerprint density at radius 1 is 0.755 bits per heavy atom. The number of nitrogens with zero attached hydrogens (tertiary/aromatic N) is 1. The summed E-state index contributed by atoms with van der Waals surface area (Å²) in [5, 5.41) is 90.0. The fraction of sp³-hybridized carbons (Fsp3) is 0.852. The van der Waals surface area contributed by atoms with E-state index in [0.29, 0.717) is 0 Å². The van der Waals surface area contributed by atoms with Crippen LogP contribution in [0.2, 0.25) is 0 Å². The molecule has 0 aromatic carbocycles. The Morgan fingerprint density at radius 2 is 1.22 bits per heavy atom. The van der Waals surface area contributed by atoms with E-state index in [-0.39, 0.29) is 29.6 Å². The zero-order valence-electron chi connectivity index (χ0n) is 27.6. The minimum absolute atomic E-state index is 0. The van der Waals surface area contributed by atoms with Crippen LogP contribution in [-0.4, -0.2) is 185 Å². The van der Waals surface area contributed by atoms with Crippen molar-refractivity contribution in [3.8, 4) is 0 Å². The summed E-state index contributed by atoms with van der Waals surface area (Å²) in [6.45, 7) is 0.448. The standard InChI is InChI=1S/C27H45N3O18.Na/c1-9(33)28-16-20(39)19(38)14(7-43-8-15(36)37)46-26(16)47-24-13(6-32)45-27(18(22(24)41)30-11(3)35)48-23-12(5-31)44-25(42-4)17(21(23)40)29-10(2)34;/h12-14,16-27,31-32,38-41H,5-8H2,1-4H3,(H,28,33)(H,29,34)(H,30,35)(H,36,37);/q;+1/p-1/t12-,13-,14-,16-,17-,18-,19-,20-,21-,22-,23-,24-,25-,26+,27+;/m1./s1. The maximum atomic E-state index is 12.2. The Morgan fingerprint density at radius 3 is 1.67 bits per heavy atom. The van der Waals surface area contributed by atoms with Crippen molar-refractivity contribution in [2.75, 3.05) is 33.5 Å². The number of carboxylic acids is 1. The summed E-state index contributed by atoms with van der Waals surface area (Å²) in [5.41, 5.74) is 0. The van der Waals surface area contributed by atoms with Crippen molar-refractivity contribution >= 4 is 23.7 Å². The third-order valence-corrected chi connectivity index (χ3v) is 7.77. The summed E-state index contributed by atoms with van der Waals surface area (Å²) in [5.74, 6) is -3.37. The number of methoxy groups -OCH3 is 1. The minimum Gasteiger partial charge on any atom is -0.862 e. The van der Waals surface area contributed by atoms with Crippen molar-refractivity contribution < 1.29 is 118 Å². The number of aliphatic hydroxyl groups is 6. The van der Waals surface area contributed by atoms with Crippen LogP contribution in [0.3, 0.4) is 0 Å². The number of aliphatic imine (C=N–C) groups is 1. The molecule has 3 heterocycles. The summed E-state index contributed by atoms with van der Waals surface area (Å²) in [4.78, 5) is 38.7. The number of nitrogens with one attached hydrogen (secondary N) is 2. The predicted octanol–water partition coefficient (Wildman–Crippen LogP) is -9.73. The number of hydrogen-bond acceptors (Lipinski definition) is 18. The van der Waals surface area contributed by atoms with Crippen LogP contribution in [0.4, 0.5) is 0 Å². The first-order valence-corrected chi connectivity index (χ1v) is 14.9. The van der Waals surface area contributed by atoms with Gasteiger partial charge in [0.2, 0.25) is 11.8 Å². The average molecular weight is 722 g/mol. The number of carbonyl (C=O) groups excluding carboxylic acids is 2. The molecule has 3 aliphatic rings. The number of rotatable bonds is 14. The largest absolute Gasteiger partial charge is 1.00 e. The van der Waals surface area contributed by atoms with Crippen LogP contribution < -0.4 is 45.3 Å². The van der Waals surface area contributed by atoms with Crippen molar-refractivity contribution in [3.63, 3.8) is 0 Å². The number of aliphatic carboxylic acids is 1. The summed E-state index contributed by atoms with van der Waals surface area (Å²) in [7, 11) is 1.25. The maximum absolute atomic E-state index is 12.2. The Kier molecular flexibility index (Phi) is 17.6. The second-order valence-corrected chi connectivity index (χ2v) is 11.4. The van der Waals surface area contributed by atoms with Crippen LogP contribution in [0.25, 0.3) is 0 Å². The van der Waals surface area contributed by atoms with Gasteiger partial charge in [0, 0.05) is 21.0 Å². The van der Waals surface area contributed by atoms with E-state index in [1.165, 1.54) is 14.0 Å². The number of amides is 2. The first-order valence-electron chi connectivity index (χ1n) is 14.9. The van der Waals surface area contributed by atoms with Crippen LogP contribution >= 0.6 is 0 Å². The van der Waals surface area contributed by atoms with Gasteiger partial charge in [0.15, 0.2) is 18.9 Å². The molecule has 276 valence electrons. The van der Waals surface area contributed by atoms with Crippen LogP contribution in [0.5, 0.6) is 0 Å². The van der Waals surface area contributed by atoms with Gasteiger partial charge in [-0.25, -0.2) is 4.79 Å². The zero-order chi connectivity index (χ0) is 35.9. The fourth-order valence-corrected chi connectivity index (χ4v) is 5.65. The number of carboxylic acid groups (broad SMARTS) is 1. The molecule has 21 nitrogen and oxygen atoms in total. The second-order valence-electron chi connectivity index (χ2n) is 11.4. The molecule has 9 N–H and O–H groups in total. The molecule has 0 aromatic heterocycles. The van der Waals surface area contributed by atoms with E-state index in [4.69, 9.17) is 38.3 Å². The van der Waals surface area contributed by atoms with E-state index in [0.717, 1.165) is 13.8 Å². The van der Waals surface area contributed by atoms with Crippen LogP contribution in [0, 0.1) is 0 Å². The number of carbonyl (C=O) groups is 3. The summed E-state index contributed by atoms with van der Waals surface area (Å²) in [6, 6.07) is -4.30. The van der Waals surface area contributed by atoms with Crippen molar-refractivity contribution in [2.45, 2.75) is 113 Å². The third kappa shape index (κ3) is 11.2. The summed E-state index contributed by atoms with van der Waals surface area (Å²) in [6.07, 6.45) is -18.8. The van der Waals surface area contributed by atoms with Crippen LogP contribution in [0.15, 0.2) is 4.99 Å². The Bertz CT molecular complexity index is 1120. The molecule has 3 saturated heterocycles. The van der Waals surface area contributed by atoms with Gasteiger partial charge in [0.1, 0.15) is 79.7 Å². The van der Waals surface area contributed by atoms with Crippen molar-refractivity contribution in [1.29, 1.82) is 0 Å². The molecule has 3 rings (SSSR count). The summed E-state index contributed by atoms with van der Waals surface area (Å²) < 4.78 is 39.3. The molecule has 49 heavy (non-hydrogen) atoms. The number of ether oxygens (including phenoxy) is 7. The Labute approximate surface area is 302 Å². The van der Waals surface area contributed by atoms with Crippen LogP contribution in [0.1, 0.15) is 20.8 Å². The SMILES string of the molecule is CO[C@@H]1O[C@H](CO)[C@@H](O[C@@H]2O[C@H](CO)[C@@H](O[C@@H]3O[C@H](COCC(=O)O)[C@@H](O)[C@H](O)[C@H]3N=C(C)[O-])[C@H](O)[C@H]2NC(C)=O)[C@H](O)[C@H]1NC(C)=O.[Na+]. The van der Waals surface area contributed by atoms with Gasteiger partial charge in [0.25, 0.3) is 0 Å². The second kappa shape index (κ2) is 19.8. The molecular formula is C27H44N3NaO18. The first-order chi connectivity index (χ1) is 22.6. The van der Waals surface area contributed by atoms with Crippen molar-refractivity contribution in [1.82, 2.24) is 10.6 Å². The molecule has 0 saturated carbocycles.